The average Bonchev–Trinajstić information content (AvgIpc) is 3.89. The predicted molar refractivity (Wildman–Crippen MR) is 173 cm³/mol. The van der Waals surface area contributed by atoms with Gasteiger partial charge in [0.05, 0.1) is 5.52 Å². The highest BCUT2D eigenvalue weighted by Gasteiger charge is 2.67. The van der Waals surface area contributed by atoms with E-state index in [0.29, 0.717) is 45.2 Å². The molecule has 3 fully saturated rings. The van der Waals surface area contributed by atoms with E-state index in [4.69, 9.17) is 0 Å². The van der Waals surface area contributed by atoms with Gasteiger partial charge in [0, 0.05) is 48.3 Å². The number of benzene rings is 1. The van der Waals surface area contributed by atoms with Crippen molar-refractivity contribution in [2.45, 2.75) is 64.1 Å². The van der Waals surface area contributed by atoms with Crippen LogP contribution < -0.4 is 5.32 Å². The van der Waals surface area contributed by atoms with Crippen LogP contribution >= 0.6 is 15.9 Å². The van der Waals surface area contributed by atoms with Gasteiger partial charge in [-0.05, 0) is 97.9 Å². The molecule has 1 N–H and O–H groups in total. The highest BCUT2D eigenvalue weighted by atomic mass is 79.9. The zero-order chi connectivity index (χ0) is 31.6. The molecule has 0 spiro atoms. The number of ketones is 1. The smallest absolute Gasteiger partial charge is 0.248 e. The van der Waals surface area contributed by atoms with Gasteiger partial charge < -0.3 is 15.1 Å². The third kappa shape index (κ3) is 5.54. The van der Waals surface area contributed by atoms with Crippen molar-refractivity contribution in [3.05, 3.63) is 64.4 Å². The molecule has 232 valence electrons. The quantitative estimate of drug-likeness (QED) is 0.202. The molecule has 1 saturated heterocycles. The number of likely N-dealkylation sites (tertiary alicyclic amines) is 1. The Bertz CT molecular complexity index is 1850. The van der Waals surface area contributed by atoms with Crippen LogP contribution in [0.4, 0.5) is 5.82 Å². The Morgan fingerprint density at radius 1 is 1.07 bits per heavy atom. The molecule has 2 aliphatic carbocycles. The molecule has 0 radical (unpaired) electrons. The molecular formula is C33H35BrN8O3. The van der Waals surface area contributed by atoms with Gasteiger partial charge in [0.1, 0.15) is 34.5 Å². The normalized spacial score (nSPS) is 22.1. The van der Waals surface area contributed by atoms with Crippen molar-refractivity contribution in [3.8, 4) is 11.1 Å². The summed E-state index contributed by atoms with van der Waals surface area (Å²) >= 11 is 3.44. The Hall–Kier alpha value is -4.03. The molecule has 45 heavy (non-hydrogen) atoms. The number of amides is 2. The minimum atomic E-state index is -0.633. The SMILES string of the molecule is CC(=O)c1nn(CC(=O)N2[C@H](C(=O)Nc3nc(Br)ccc3C3CC3)C[C@@]3(CN(C)C)C[C@@H]23)c2ccc(-c3cnc(C)nc3)cc12. The van der Waals surface area contributed by atoms with Gasteiger partial charge in [-0.25, -0.2) is 15.0 Å². The fourth-order valence-electron chi connectivity index (χ4n) is 7.03. The molecule has 11 nitrogen and oxygen atoms in total. The summed E-state index contributed by atoms with van der Waals surface area (Å²) in [6, 6.07) is 8.93. The summed E-state index contributed by atoms with van der Waals surface area (Å²) in [6.07, 6.45) is 7.08. The Balaban J connectivity index is 1.19. The molecule has 2 saturated carbocycles. The van der Waals surface area contributed by atoms with Crippen LogP contribution in [0.3, 0.4) is 0 Å². The first kappa shape index (κ1) is 29.7. The van der Waals surface area contributed by atoms with E-state index < -0.39 is 6.04 Å². The number of halogens is 1. The second kappa shape index (κ2) is 11.1. The monoisotopic (exact) mass is 670 g/mol. The first-order chi connectivity index (χ1) is 21.5. The predicted octanol–water partition coefficient (Wildman–Crippen LogP) is 4.60. The van der Waals surface area contributed by atoms with Crippen LogP contribution in [-0.2, 0) is 16.1 Å². The Labute approximate surface area is 269 Å². The molecule has 3 atom stereocenters. The van der Waals surface area contributed by atoms with Crippen LogP contribution in [0.2, 0.25) is 0 Å². The van der Waals surface area contributed by atoms with Gasteiger partial charge in [0.15, 0.2) is 5.78 Å². The van der Waals surface area contributed by atoms with E-state index in [0.717, 1.165) is 42.5 Å². The summed E-state index contributed by atoms with van der Waals surface area (Å²) in [5, 5.41) is 8.35. The number of piperidine rings is 1. The Morgan fingerprint density at radius 3 is 2.51 bits per heavy atom. The molecule has 0 bridgehead atoms. The Morgan fingerprint density at radius 2 is 1.82 bits per heavy atom. The van der Waals surface area contributed by atoms with Gasteiger partial charge in [-0.15, -0.1) is 0 Å². The molecule has 1 aromatic carbocycles. The lowest BCUT2D eigenvalue weighted by Gasteiger charge is -2.27. The lowest BCUT2D eigenvalue weighted by Crippen LogP contribution is -2.47. The topological polar surface area (TPSA) is 126 Å². The number of nitrogens with one attached hydrogen (secondary N) is 1. The molecule has 0 unspecified atom stereocenters. The van der Waals surface area contributed by atoms with Crippen LogP contribution in [0, 0.1) is 12.3 Å². The highest BCUT2D eigenvalue weighted by Crippen LogP contribution is 2.60. The van der Waals surface area contributed by atoms with Crippen molar-refractivity contribution in [2.75, 3.05) is 26.0 Å². The van der Waals surface area contributed by atoms with Gasteiger partial charge in [-0.3, -0.25) is 19.1 Å². The van der Waals surface area contributed by atoms with E-state index in [2.05, 4.69) is 46.2 Å². The maximum absolute atomic E-state index is 14.2. The third-order valence-electron chi connectivity index (χ3n) is 9.27. The van der Waals surface area contributed by atoms with Crippen molar-refractivity contribution in [3.63, 3.8) is 0 Å². The minimum Gasteiger partial charge on any atom is -0.325 e. The van der Waals surface area contributed by atoms with Crippen molar-refractivity contribution >= 4 is 50.2 Å². The number of hydrogen-bond donors (Lipinski definition) is 1. The first-order valence-corrected chi connectivity index (χ1v) is 16.1. The Kier molecular flexibility index (Phi) is 7.31. The van der Waals surface area contributed by atoms with Crippen LogP contribution in [-0.4, -0.2) is 84.9 Å². The number of Topliss-reactive ketones (excluding diaryl/α,β-unsaturated/α-hetero) is 1. The number of carbonyl (C=O) groups is 3. The summed E-state index contributed by atoms with van der Waals surface area (Å²) in [5.74, 6) is 1.02. The van der Waals surface area contributed by atoms with Gasteiger partial charge in [0.2, 0.25) is 11.8 Å². The number of nitrogens with zero attached hydrogens (tertiary/aromatic N) is 7. The van der Waals surface area contributed by atoms with Gasteiger partial charge >= 0.3 is 0 Å². The lowest BCUT2D eigenvalue weighted by molar-refractivity contribution is -0.138. The van der Waals surface area contributed by atoms with E-state index >= 15 is 0 Å². The molecule has 4 aromatic rings. The van der Waals surface area contributed by atoms with E-state index in [-0.39, 0.29) is 35.6 Å². The zero-order valence-electron chi connectivity index (χ0n) is 25.7. The molecule has 4 heterocycles. The fourth-order valence-corrected chi connectivity index (χ4v) is 7.34. The second-order valence-electron chi connectivity index (χ2n) is 13.0. The van der Waals surface area contributed by atoms with Gasteiger partial charge in [-0.2, -0.15) is 5.10 Å². The van der Waals surface area contributed by atoms with E-state index in [1.807, 2.05) is 51.4 Å². The second-order valence-corrected chi connectivity index (χ2v) is 13.8. The van der Waals surface area contributed by atoms with Crippen LogP contribution in [0.15, 0.2) is 47.3 Å². The molecular weight excluding hydrogens is 636 g/mol. The summed E-state index contributed by atoms with van der Waals surface area (Å²) in [6.45, 7) is 4.00. The van der Waals surface area contributed by atoms with E-state index in [9.17, 15) is 14.4 Å². The van der Waals surface area contributed by atoms with Crippen molar-refractivity contribution in [1.82, 2.24) is 34.5 Å². The number of carbonyl (C=O) groups excluding carboxylic acids is 3. The highest BCUT2D eigenvalue weighted by molar-refractivity contribution is 9.10. The number of rotatable bonds is 9. The van der Waals surface area contributed by atoms with E-state index in [1.54, 1.807) is 22.0 Å². The maximum atomic E-state index is 14.2. The largest absolute Gasteiger partial charge is 0.325 e. The molecule has 3 aliphatic rings. The van der Waals surface area contributed by atoms with Gasteiger partial charge in [0.25, 0.3) is 0 Å². The number of aryl methyl sites for hydroxylation is 1. The number of aromatic nitrogens is 5. The van der Waals surface area contributed by atoms with Crippen molar-refractivity contribution in [2.24, 2.45) is 5.41 Å². The number of anilines is 1. The first-order valence-electron chi connectivity index (χ1n) is 15.3. The molecule has 3 aromatic heterocycles. The number of pyridine rings is 1. The molecule has 2 amide bonds. The standard InChI is InChI=1S/C33H35BrN8O3/c1-18(43)30-24-11-21(22-14-35-19(2)36-15-22)7-9-25(24)41(39-30)16-29(44)42-26(12-33(13-27(33)42)17-40(3)4)32(45)38-31-23(20-5-6-20)8-10-28(34)37-31/h7-11,14-15,20,26-27H,5-6,12-13,16-17H2,1-4H3,(H,37,38,45)/t26-,27+,33-/m0/s1. The minimum absolute atomic E-state index is 0.0382. The maximum Gasteiger partial charge on any atom is 0.248 e. The lowest BCUT2D eigenvalue weighted by atomic mass is 9.98. The van der Waals surface area contributed by atoms with Gasteiger partial charge in [-0.1, -0.05) is 12.1 Å². The molecule has 12 heteroatoms. The number of hydrogen-bond acceptors (Lipinski definition) is 8. The summed E-state index contributed by atoms with van der Waals surface area (Å²) in [4.78, 5) is 57.8. The third-order valence-corrected chi connectivity index (χ3v) is 9.72. The zero-order valence-corrected chi connectivity index (χ0v) is 27.3. The van der Waals surface area contributed by atoms with E-state index in [1.165, 1.54) is 6.92 Å². The summed E-state index contributed by atoms with van der Waals surface area (Å²) in [7, 11) is 4.04. The van der Waals surface area contributed by atoms with Crippen LogP contribution in [0.25, 0.3) is 22.0 Å². The average molecular weight is 672 g/mol. The summed E-state index contributed by atoms with van der Waals surface area (Å²) in [5.41, 5.74) is 3.55. The van der Waals surface area contributed by atoms with Crippen molar-refractivity contribution < 1.29 is 14.4 Å². The number of fused-ring (bicyclic) bond motifs is 2. The summed E-state index contributed by atoms with van der Waals surface area (Å²) < 4.78 is 2.24. The molecule has 7 rings (SSSR count). The van der Waals surface area contributed by atoms with Crippen LogP contribution in [0.5, 0.6) is 0 Å². The van der Waals surface area contributed by atoms with Crippen LogP contribution in [0.1, 0.15) is 60.4 Å². The fraction of sp³-hybridized carbons (Fsp3) is 0.424. The molecule has 1 aliphatic heterocycles. The van der Waals surface area contributed by atoms with Crippen molar-refractivity contribution in [1.29, 1.82) is 0 Å².